The number of rotatable bonds is 5. The van der Waals surface area contributed by atoms with Crippen molar-refractivity contribution >= 4 is 23.3 Å². The van der Waals surface area contributed by atoms with Crippen molar-refractivity contribution in [2.45, 2.75) is 6.92 Å². The van der Waals surface area contributed by atoms with Gasteiger partial charge in [0.2, 0.25) is 0 Å². The molecule has 0 saturated carbocycles. The molecular weight excluding hydrogens is 313 g/mol. The molecule has 0 spiro atoms. The Balaban J connectivity index is 2.09. The van der Waals surface area contributed by atoms with Gasteiger partial charge >= 0.3 is 6.03 Å². The smallest absolute Gasteiger partial charge is 0.319 e. The van der Waals surface area contributed by atoms with Crippen molar-refractivity contribution in [3.63, 3.8) is 0 Å². The van der Waals surface area contributed by atoms with E-state index in [0.29, 0.717) is 17.9 Å². The second kappa shape index (κ2) is 7.96. The fraction of sp³-hybridized carbons (Fsp3) is 0.176. The van der Waals surface area contributed by atoms with Crippen molar-refractivity contribution < 1.29 is 18.7 Å². The number of hydrogen-bond donors (Lipinski definition) is 3. The number of ether oxygens (including phenoxy) is 1. The molecule has 0 saturated heterocycles. The topological polar surface area (TPSA) is 79.5 Å². The number of carbonyl (C=O) groups is 2. The number of hydrogen-bond acceptors (Lipinski definition) is 3. The Morgan fingerprint density at radius 3 is 2.42 bits per heavy atom. The van der Waals surface area contributed by atoms with Gasteiger partial charge in [0.05, 0.1) is 7.11 Å². The number of amides is 3. The van der Waals surface area contributed by atoms with Crippen molar-refractivity contribution in [2.24, 2.45) is 0 Å². The van der Waals surface area contributed by atoms with Crippen LogP contribution in [-0.2, 0) is 0 Å². The molecule has 0 aliphatic carbocycles. The highest BCUT2D eigenvalue weighted by Gasteiger charge is 2.11. The molecule has 0 fully saturated rings. The normalized spacial score (nSPS) is 9.96. The van der Waals surface area contributed by atoms with Crippen LogP contribution in [0.15, 0.2) is 42.5 Å². The van der Waals surface area contributed by atoms with Gasteiger partial charge in [-0.05, 0) is 43.3 Å². The van der Waals surface area contributed by atoms with Crippen LogP contribution in [0.1, 0.15) is 17.3 Å². The lowest BCUT2D eigenvalue weighted by molar-refractivity contribution is 0.102. The summed E-state index contributed by atoms with van der Waals surface area (Å²) in [6.45, 7) is 2.31. The standard InChI is InChI=1S/C17H18FN3O3/c1-3-19-17(23)21-13-6-4-5-12(10-13)20-16(22)11-7-8-15(24-2)14(18)9-11/h4-10H,3H2,1-2H3,(H,20,22)(H2,19,21,23). The molecule has 0 bridgehead atoms. The monoisotopic (exact) mass is 331 g/mol. The predicted molar refractivity (Wildman–Crippen MR) is 90.0 cm³/mol. The SMILES string of the molecule is CCNC(=O)Nc1cccc(NC(=O)c2ccc(OC)c(F)c2)c1. The molecule has 0 aliphatic rings. The molecule has 0 heterocycles. The van der Waals surface area contributed by atoms with Crippen LogP contribution in [0.4, 0.5) is 20.6 Å². The van der Waals surface area contributed by atoms with Crippen LogP contribution in [0.25, 0.3) is 0 Å². The van der Waals surface area contributed by atoms with Gasteiger partial charge in [-0.2, -0.15) is 0 Å². The second-order valence-corrected chi connectivity index (χ2v) is 4.87. The molecule has 0 unspecified atom stereocenters. The van der Waals surface area contributed by atoms with E-state index >= 15 is 0 Å². The van der Waals surface area contributed by atoms with Gasteiger partial charge in [0.25, 0.3) is 5.91 Å². The zero-order valence-electron chi connectivity index (χ0n) is 13.4. The lowest BCUT2D eigenvalue weighted by Gasteiger charge is -2.10. The zero-order chi connectivity index (χ0) is 17.5. The summed E-state index contributed by atoms with van der Waals surface area (Å²) in [7, 11) is 1.35. The molecule has 24 heavy (non-hydrogen) atoms. The number of halogens is 1. The molecule has 0 aliphatic heterocycles. The predicted octanol–water partition coefficient (Wildman–Crippen LogP) is 3.23. The van der Waals surface area contributed by atoms with Crippen LogP contribution >= 0.6 is 0 Å². The van der Waals surface area contributed by atoms with Crippen LogP contribution in [0.5, 0.6) is 5.75 Å². The lowest BCUT2D eigenvalue weighted by atomic mass is 10.2. The Morgan fingerprint density at radius 1 is 1.08 bits per heavy atom. The Kier molecular flexibility index (Phi) is 5.73. The molecule has 3 amide bonds. The van der Waals surface area contributed by atoms with Gasteiger partial charge in [-0.15, -0.1) is 0 Å². The molecule has 2 rings (SSSR count). The molecule has 0 radical (unpaired) electrons. The molecular formula is C17H18FN3O3. The highest BCUT2D eigenvalue weighted by Crippen LogP contribution is 2.20. The minimum atomic E-state index is -0.614. The first kappa shape index (κ1) is 17.3. The Hall–Kier alpha value is -3.09. The van der Waals surface area contributed by atoms with E-state index in [2.05, 4.69) is 16.0 Å². The van der Waals surface area contributed by atoms with Gasteiger partial charge in [-0.25, -0.2) is 9.18 Å². The van der Waals surface area contributed by atoms with E-state index in [1.54, 1.807) is 24.3 Å². The van der Waals surface area contributed by atoms with E-state index in [-0.39, 0.29) is 17.3 Å². The van der Waals surface area contributed by atoms with Crippen LogP contribution in [-0.4, -0.2) is 25.6 Å². The number of methoxy groups -OCH3 is 1. The van der Waals surface area contributed by atoms with Crippen molar-refractivity contribution in [1.82, 2.24) is 5.32 Å². The van der Waals surface area contributed by atoms with Gasteiger partial charge in [0.1, 0.15) is 0 Å². The summed E-state index contributed by atoms with van der Waals surface area (Å²) in [6, 6.07) is 10.3. The number of urea groups is 1. The maximum atomic E-state index is 13.7. The third kappa shape index (κ3) is 4.45. The second-order valence-electron chi connectivity index (χ2n) is 4.87. The van der Waals surface area contributed by atoms with Gasteiger partial charge in [-0.1, -0.05) is 6.07 Å². The fourth-order valence-electron chi connectivity index (χ4n) is 2.02. The highest BCUT2D eigenvalue weighted by atomic mass is 19.1. The number of benzene rings is 2. The van der Waals surface area contributed by atoms with Gasteiger partial charge < -0.3 is 20.7 Å². The molecule has 6 nitrogen and oxygen atoms in total. The molecule has 0 aromatic heterocycles. The average molecular weight is 331 g/mol. The minimum Gasteiger partial charge on any atom is -0.494 e. The van der Waals surface area contributed by atoms with Crippen molar-refractivity contribution in [3.05, 3.63) is 53.8 Å². The summed E-state index contributed by atoms with van der Waals surface area (Å²) in [5.41, 5.74) is 1.17. The van der Waals surface area contributed by atoms with E-state index in [1.807, 2.05) is 6.92 Å². The molecule has 3 N–H and O–H groups in total. The van der Waals surface area contributed by atoms with E-state index in [4.69, 9.17) is 4.74 Å². The van der Waals surface area contributed by atoms with Crippen molar-refractivity contribution in [3.8, 4) is 5.75 Å². The van der Waals surface area contributed by atoms with E-state index in [9.17, 15) is 14.0 Å². The summed E-state index contributed by atoms with van der Waals surface area (Å²) in [5.74, 6) is -1.01. The largest absolute Gasteiger partial charge is 0.494 e. The van der Waals surface area contributed by atoms with Crippen molar-refractivity contribution in [1.29, 1.82) is 0 Å². The third-order valence-corrected chi connectivity index (χ3v) is 3.13. The quantitative estimate of drug-likeness (QED) is 0.787. The summed E-state index contributed by atoms with van der Waals surface area (Å²) in [4.78, 5) is 23.7. The fourth-order valence-corrected chi connectivity index (χ4v) is 2.02. The van der Waals surface area contributed by atoms with Gasteiger partial charge in [-0.3, -0.25) is 4.79 Å². The highest BCUT2D eigenvalue weighted by molar-refractivity contribution is 6.04. The van der Waals surface area contributed by atoms with Crippen LogP contribution < -0.4 is 20.7 Å². The van der Waals surface area contributed by atoms with Gasteiger partial charge in [0.15, 0.2) is 11.6 Å². The average Bonchev–Trinajstić information content (AvgIpc) is 2.55. The zero-order valence-corrected chi connectivity index (χ0v) is 13.4. The van der Waals surface area contributed by atoms with Crippen LogP contribution in [0.3, 0.4) is 0 Å². The van der Waals surface area contributed by atoms with E-state index in [0.717, 1.165) is 6.07 Å². The molecule has 7 heteroatoms. The van der Waals surface area contributed by atoms with Crippen LogP contribution in [0.2, 0.25) is 0 Å². The maximum absolute atomic E-state index is 13.7. The summed E-state index contributed by atoms with van der Waals surface area (Å²) in [5, 5.41) is 7.90. The summed E-state index contributed by atoms with van der Waals surface area (Å²) < 4.78 is 18.5. The molecule has 0 atom stereocenters. The lowest BCUT2D eigenvalue weighted by Crippen LogP contribution is -2.28. The minimum absolute atomic E-state index is 0.0692. The Labute approximate surface area is 139 Å². The summed E-state index contributed by atoms with van der Waals surface area (Å²) in [6.07, 6.45) is 0. The van der Waals surface area contributed by atoms with Gasteiger partial charge in [0, 0.05) is 23.5 Å². The first-order chi connectivity index (χ1) is 11.5. The maximum Gasteiger partial charge on any atom is 0.319 e. The Morgan fingerprint density at radius 2 is 1.79 bits per heavy atom. The number of anilines is 2. The number of nitrogens with one attached hydrogen (secondary N) is 3. The first-order valence-corrected chi connectivity index (χ1v) is 7.33. The molecule has 2 aromatic rings. The molecule has 126 valence electrons. The molecule has 2 aromatic carbocycles. The Bertz CT molecular complexity index is 750. The first-order valence-electron chi connectivity index (χ1n) is 7.33. The number of carbonyl (C=O) groups excluding carboxylic acids is 2. The van der Waals surface area contributed by atoms with Crippen LogP contribution in [0, 0.1) is 5.82 Å². The van der Waals surface area contributed by atoms with E-state index < -0.39 is 11.7 Å². The summed E-state index contributed by atoms with van der Waals surface area (Å²) >= 11 is 0. The van der Waals surface area contributed by atoms with Crippen molar-refractivity contribution in [2.75, 3.05) is 24.3 Å². The third-order valence-electron chi connectivity index (χ3n) is 3.13. The van der Waals surface area contributed by atoms with E-state index in [1.165, 1.54) is 19.2 Å².